The molecule has 120 valence electrons. The zero-order valence-electron chi connectivity index (χ0n) is 12.0. The summed E-state index contributed by atoms with van der Waals surface area (Å²) in [6.45, 7) is 0.872. The van der Waals surface area contributed by atoms with Gasteiger partial charge >= 0.3 is 0 Å². The first kappa shape index (κ1) is 16.7. The quantitative estimate of drug-likeness (QED) is 0.605. The molecule has 0 atom stereocenters. The van der Waals surface area contributed by atoms with Crippen molar-refractivity contribution in [2.75, 3.05) is 25.2 Å². The lowest BCUT2D eigenvalue weighted by Gasteiger charge is -2.29. The predicted octanol–water partition coefficient (Wildman–Crippen LogP) is 4.42. The zero-order chi connectivity index (χ0) is 16.6. The molecule has 0 saturated carbocycles. The smallest absolute Gasteiger partial charge is 0.258 e. The molecule has 1 aliphatic heterocycles. The molecular weight excluding hydrogens is 496 g/mol. The Kier molecular flexibility index (Phi) is 4.93. The third kappa shape index (κ3) is 3.25. The van der Waals surface area contributed by atoms with Gasteiger partial charge in [-0.3, -0.25) is 4.79 Å². The molecule has 3 rings (SSSR count). The van der Waals surface area contributed by atoms with E-state index in [1.165, 1.54) is 0 Å². The standard InChI is InChI=1S/C15H11Br3N2O3/c1-22-13-10(17)4-8(5-11(13)18)15(21)20-2-3-23-14-12(20)6-9(16)7-19-14/h4-7H,2-3H2,1H3. The summed E-state index contributed by atoms with van der Waals surface area (Å²) >= 11 is 10.2. The summed E-state index contributed by atoms with van der Waals surface area (Å²) < 4.78 is 13.0. The SMILES string of the molecule is COc1c(Br)cc(C(=O)N2CCOc3ncc(Br)cc32)cc1Br. The molecule has 0 unspecified atom stereocenters. The number of halogens is 3. The van der Waals surface area contributed by atoms with E-state index in [2.05, 4.69) is 52.8 Å². The van der Waals surface area contributed by atoms with Crippen molar-refractivity contribution in [3.05, 3.63) is 43.4 Å². The largest absolute Gasteiger partial charge is 0.494 e. The number of benzene rings is 1. The minimum absolute atomic E-state index is 0.126. The highest BCUT2D eigenvalue weighted by Gasteiger charge is 2.27. The van der Waals surface area contributed by atoms with Crippen LogP contribution >= 0.6 is 47.8 Å². The Bertz CT molecular complexity index is 760. The van der Waals surface area contributed by atoms with Crippen LogP contribution in [-0.4, -0.2) is 31.2 Å². The van der Waals surface area contributed by atoms with Crippen molar-refractivity contribution >= 4 is 59.4 Å². The number of anilines is 1. The van der Waals surface area contributed by atoms with Crippen LogP contribution in [0.5, 0.6) is 11.6 Å². The fourth-order valence-electron chi connectivity index (χ4n) is 2.32. The van der Waals surface area contributed by atoms with E-state index in [-0.39, 0.29) is 5.91 Å². The molecule has 8 heteroatoms. The Morgan fingerprint density at radius 3 is 2.61 bits per heavy atom. The number of nitrogens with zero attached hydrogens (tertiary/aromatic N) is 2. The number of hydrogen-bond acceptors (Lipinski definition) is 4. The first-order chi connectivity index (χ1) is 11.0. The number of aromatic nitrogens is 1. The number of rotatable bonds is 2. The van der Waals surface area contributed by atoms with E-state index in [1.54, 1.807) is 30.3 Å². The Morgan fingerprint density at radius 1 is 1.26 bits per heavy atom. The average Bonchev–Trinajstić information content (AvgIpc) is 2.53. The molecule has 0 spiro atoms. The number of ether oxygens (including phenoxy) is 2. The maximum absolute atomic E-state index is 12.9. The minimum atomic E-state index is -0.126. The minimum Gasteiger partial charge on any atom is -0.494 e. The first-order valence-electron chi connectivity index (χ1n) is 6.64. The van der Waals surface area contributed by atoms with Crippen molar-refractivity contribution in [1.29, 1.82) is 0 Å². The van der Waals surface area contributed by atoms with E-state index >= 15 is 0 Å². The molecule has 2 heterocycles. The molecule has 0 saturated heterocycles. The lowest BCUT2D eigenvalue weighted by Crippen LogP contribution is -2.38. The second-order valence-electron chi connectivity index (χ2n) is 4.76. The highest BCUT2D eigenvalue weighted by atomic mass is 79.9. The van der Waals surface area contributed by atoms with Crippen LogP contribution in [0.4, 0.5) is 5.69 Å². The highest BCUT2D eigenvalue weighted by molar-refractivity contribution is 9.11. The fraction of sp³-hybridized carbons (Fsp3) is 0.200. The van der Waals surface area contributed by atoms with Gasteiger partial charge in [0.05, 0.1) is 22.6 Å². The number of methoxy groups -OCH3 is 1. The molecular formula is C15H11Br3N2O3. The molecule has 0 aliphatic carbocycles. The molecule has 1 amide bonds. The van der Waals surface area contributed by atoms with Gasteiger partial charge < -0.3 is 14.4 Å². The van der Waals surface area contributed by atoms with Crippen molar-refractivity contribution in [1.82, 2.24) is 4.98 Å². The number of carbonyl (C=O) groups is 1. The van der Waals surface area contributed by atoms with Crippen LogP contribution in [0.15, 0.2) is 37.8 Å². The predicted molar refractivity (Wildman–Crippen MR) is 97.5 cm³/mol. The Morgan fingerprint density at radius 2 is 1.96 bits per heavy atom. The maximum atomic E-state index is 12.9. The van der Waals surface area contributed by atoms with E-state index in [0.29, 0.717) is 45.0 Å². The molecule has 0 N–H and O–H groups in total. The molecule has 1 aromatic carbocycles. The number of carbonyl (C=O) groups excluding carboxylic acids is 1. The maximum Gasteiger partial charge on any atom is 0.258 e. The lowest BCUT2D eigenvalue weighted by molar-refractivity contribution is 0.0975. The van der Waals surface area contributed by atoms with Gasteiger partial charge in [-0.25, -0.2) is 4.98 Å². The lowest BCUT2D eigenvalue weighted by atomic mass is 10.1. The molecule has 1 aromatic heterocycles. The number of amides is 1. The van der Waals surface area contributed by atoms with Gasteiger partial charge in [0.25, 0.3) is 5.91 Å². The van der Waals surface area contributed by atoms with Crippen LogP contribution in [0.25, 0.3) is 0 Å². The van der Waals surface area contributed by atoms with Crippen LogP contribution in [-0.2, 0) is 0 Å². The molecule has 0 radical (unpaired) electrons. The Hall–Kier alpha value is -1.12. The molecule has 0 fully saturated rings. The van der Waals surface area contributed by atoms with E-state index in [0.717, 1.165) is 4.47 Å². The molecule has 0 bridgehead atoms. The Labute approximate surface area is 158 Å². The van der Waals surface area contributed by atoms with Gasteiger partial charge in [0.1, 0.15) is 18.0 Å². The van der Waals surface area contributed by atoms with Crippen LogP contribution in [0.1, 0.15) is 10.4 Å². The van der Waals surface area contributed by atoms with Crippen LogP contribution in [0, 0.1) is 0 Å². The highest BCUT2D eigenvalue weighted by Crippen LogP contribution is 2.37. The summed E-state index contributed by atoms with van der Waals surface area (Å²) in [4.78, 5) is 18.8. The van der Waals surface area contributed by atoms with Crippen molar-refractivity contribution in [2.24, 2.45) is 0 Å². The fourth-order valence-corrected chi connectivity index (χ4v) is 4.15. The van der Waals surface area contributed by atoms with Gasteiger partial charge in [-0.05, 0) is 66.0 Å². The van der Waals surface area contributed by atoms with Crippen molar-refractivity contribution < 1.29 is 14.3 Å². The second kappa shape index (κ2) is 6.78. The molecule has 5 nitrogen and oxygen atoms in total. The summed E-state index contributed by atoms with van der Waals surface area (Å²) in [5.41, 5.74) is 1.19. The summed E-state index contributed by atoms with van der Waals surface area (Å²) in [6.07, 6.45) is 1.65. The molecule has 1 aliphatic rings. The molecule has 2 aromatic rings. The van der Waals surface area contributed by atoms with Crippen LogP contribution in [0.3, 0.4) is 0 Å². The normalized spacial score (nSPS) is 13.3. The summed E-state index contributed by atoms with van der Waals surface area (Å²) in [6, 6.07) is 5.31. The van der Waals surface area contributed by atoms with Gasteiger partial charge in [-0.1, -0.05) is 0 Å². The number of hydrogen-bond donors (Lipinski definition) is 0. The third-order valence-corrected chi connectivity index (χ3v) is 4.95. The summed E-state index contributed by atoms with van der Waals surface area (Å²) in [5, 5.41) is 0. The number of fused-ring (bicyclic) bond motifs is 1. The zero-order valence-corrected chi connectivity index (χ0v) is 16.7. The first-order valence-corrected chi connectivity index (χ1v) is 9.02. The van der Waals surface area contributed by atoms with Crippen molar-refractivity contribution in [3.8, 4) is 11.6 Å². The average molecular weight is 507 g/mol. The van der Waals surface area contributed by atoms with Gasteiger partial charge in [-0.15, -0.1) is 0 Å². The monoisotopic (exact) mass is 504 g/mol. The van der Waals surface area contributed by atoms with E-state index < -0.39 is 0 Å². The van der Waals surface area contributed by atoms with Gasteiger partial charge in [0.15, 0.2) is 0 Å². The second-order valence-corrected chi connectivity index (χ2v) is 7.38. The van der Waals surface area contributed by atoms with Gasteiger partial charge in [0.2, 0.25) is 5.88 Å². The number of pyridine rings is 1. The van der Waals surface area contributed by atoms with Gasteiger partial charge in [0, 0.05) is 16.2 Å². The topological polar surface area (TPSA) is 51.7 Å². The van der Waals surface area contributed by atoms with Crippen molar-refractivity contribution in [3.63, 3.8) is 0 Å². The third-order valence-electron chi connectivity index (χ3n) is 3.34. The van der Waals surface area contributed by atoms with Crippen LogP contribution in [0.2, 0.25) is 0 Å². The summed E-state index contributed by atoms with van der Waals surface area (Å²) in [7, 11) is 1.58. The van der Waals surface area contributed by atoms with E-state index in [1.807, 2.05) is 6.07 Å². The van der Waals surface area contributed by atoms with Gasteiger partial charge in [-0.2, -0.15) is 0 Å². The Balaban J connectivity index is 2.01. The summed E-state index contributed by atoms with van der Waals surface area (Å²) in [5.74, 6) is 0.978. The van der Waals surface area contributed by atoms with Crippen LogP contribution < -0.4 is 14.4 Å². The van der Waals surface area contributed by atoms with Crippen molar-refractivity contribution in [2.45, 2.75) is 0 Å². The molecule has 23 heavy (non-hydrogen) atoms. The van der Waals surface area contributed by atoms with E-state index in [4.69, 9.17) is 9.47 Å². The van der Waals surface area contributed by atoms with E-state index in [9.17, 15) is 4.79 Å².